The molecule has 0 spiro atoms. The molecule has 0 bridgehead atoms. The van der Waals surface area contributed by atoms with Crippen molar-refractivity contribution in [2.24, 2.45) is 0 Å². The van der Waals surface area contributed by atoms with Gasteiger partial charge in [0.05, 0.1) is 0 Å². The molecule has 0 aromatic heterocycles. The first-order valence-electron chi connectivity index (χ1n) is 1.26. The fraction of sp³-hybridized carbons (Fsp3) is 0. The molecule has 0 fully saturated rings. The van der Waals surface area contributed by atoms with Crippen LogP contribution in [0, 0.1) is 0 Å². The van der Waals surface area contributed by atoms with Crippen LogP contribution in [-0.2, 0) is 4.46 Å². The Morgan fingerprint density at radius 3 is 1.33 bits per heavy atom. The molecule has 2 N–H and O–H groups in total. The number of carbonyl (C=O) groups is 1. The molecule has 0 unspecified atom stereocenters. The largest absolute Gasteiger partial charge is 2.00 e. The molecule has 0 aromatic rings. The fourth-order valence-corrected chi connectivity index (χ4v) is 0. The van der Waals surface area contributed by atoms with E-state index in [1.807, 2.05) is 0 Å². The Hall–Kier alpha value is 0.458. The first-order chi connectivity index (χ1) is 3.46. The third-order valence-corrected chi connectivity index (χ3v) is 0. The minimum Gasteiger partial charge on any atom is -0.652 e. The number of hydrogen-bond acceptors (Lipinski definition) is 4. The standard InChI is InChI=1S/CH2O3.Ba.H2O3Si/c2-1(3)4;;1-4(2)3/h(H2,2,3,4);;1-2H/q;+2;/p-2. The molecule has 0 saturated carbocycles. The van der Waals surface area contributed by atoms with Gasteiger partial charge >= 0.3 is 58.1 Å². The average molecular weight is 275 g/mol. The van der Waals surface area contributed by atoms with E-state index >= 15 is 0 Å². The first kappa shape index (κ1) is 16.2. The Labute approximate surface area is 92.1 Å². The fourth-order valence-electron chi connectivity index (χ4n) is 0. The summed E-state index contributed by atoms with van der Waals surface area (Å²) in [7, 11) is -3.13. The second kappa shape index (κ2) is 11.3. The number of carbonyl (C=O) groups excluding carboxylic acids is 1. The number of carboxylic acid groups (broad SMARTS) is 2. The van der Waals surface area contributed by atoms with Crippen LogP contribution in [0.2, 0.25) is 0 Å². The Morgan fingerprint density at radius 1 is 1.33 bits per heavy atom. The Balaban J connectivity index is -0.0000000720. The van der Waals surface area contributed by atoms with E-state index in [0.29, 0.717) is 0 Å². The van der Waals surface area contributed by atoms with E-state index < -0.39 is 15.3 Å². The van der Waals surface area contributed by atoms with Crippen LogP contribution < -0.4 is 10.2 Å². The molecule has 9 heavy (non-hydrogen) atoms. The second-order valence-corrected chi connectivity index (χ2v) is 1.10. The van der Waals surface area contributed by atoms with E-state index in [2.05, 4.69) is 0 Å². The van der Waals surface area contributed by atoms with Crippen LogP contribution in [-0.4, -0.2) is 73.8 Å². The van der Waals surface area contributed by atoms with Crippen molar-refractivity contribution in [2.75, 3.05) is 0 Å². The van der Waals surface area contributed by atoms with Gasteiger partial charge in [-0.3, -0.25) is 4.46 Å². The van der Waals surface area contributed by atoms with Gasteiger partial charge in [0.25, 0.3) is 0 Å². The van der Waals surface area contributed by atoms with Crippen LogP contribution in [0.15, 0.2) is 0 Å². The summed E-state index contributed by atoms with van der Waals surface area (Å²) in [6.45, 7) is 0. The van der Waals surface area contributed by atoms with Crippen LogP contribution >= 0.6 is 0 Å². The maximum atomic E-state index is 8.74. The van der Waals surface area contributed by atoms with Crippen LogP contribution in [0.4, 0.5) is 4.79 Å². The molecule has 6 nitrogen and oxygen atoms in total. The Morgan fingerprint density at radius 2 is 1.33 bits per heavy atom. The van der Waals surface area contributed by atoms with Crippen LogP contribution in [0.25, 0.3) is 0 Å². The Bertz CT molecular complexity index is 71.1. The molecule has 0 aliphatic heterocycles. The quantitative estimate of drug-likeness (QED) is 0.430. The van der Waals surface area contributed by atoms with Gasteiger partial charge in [0.1, 0.15) is 0 Å². The van der Waals surface area contributed by atoms with Crippen LogP contribution in [0.5, 0.6) is 0 Å². The minimum absolute atomic E-state index is 0. The van der Waals surface area contributed by atoms with Gasteiger partial charge in [-0.2, -0.15) is 0 Å². The molecule has 0 aliphatic carbocycles. The summed E-state index contributed by atoms with van der Waals surface area (Å²) in [6.07, 6.45) is -2.33. The van der Waals surface area contributed by atoms with Gasteiger partial charge in [0.2, 0.25) is 0 Å². The number of hydrogen-bond donors (Lipinski definition) is 2. The maximum absolute atomic E-state index is 8.74. The molecule has 0 aromatic carbocycles. The van der Waals surface area contributed by atoms with Crippen molar-refractivity contribution in [3.05, 3.63) is 0 Å². The topological polar surface area (TPSA) is 121 Å². The second-order valence-electron chi connectivity index (χ2n) is 0.533. The van der Waals surface area contributed by atoms with Crippen molar-refractivity contribution in [1.82, 2.24) is 0 Å². The summed E-state index contributed by atoms with van der Waals surface area (Å²) in [6, 6.07) is 0. The smallest absolute Gasteiger partial charge is 0.652 e. The van der Waals surface area contributed by atoms with Gasteiger partial charge in [0.15, 0.2) is 0 Å². The SMILES string of the molecule is O=C([O-])[O-].O=[Si](O)O.[Ba+2]. The van der Waals surface area contributed by atoms with Gasteiger partial charge < -0.3 is 24.6 Å². The van der Waals surface area contributed by atoms with E-state index in [1.54, 1.807) is 0 Å². The molecule has 0 saturated heterocycles. The van der Waals surface area contributed by atoms with E-state index in [9.17, 15) is 0 Å². The zero-order valence-electron chi connectivity index (χ0n) is 4.23. The number of rotatable bonds is 0. The predicted molar refractivity (Wildman–Crippen MR) is 22.0 cm³/mol. The zero-order valence-corrected chi connectivity index (χ0v) is 9.68. The van der Waals surface area contributed by atoms with Gasteiger partial charge in [-0.15, -0.1) is 0 Å². The first-order valence-corrected chi connectivity index (χ1v) is 2.57. The molecule has 48 valence electrons. The molecule has 0 atom stereocenters. The van der Waals surface area contributed by atoms with E-state index in [0.717, 1.165) is 0 Å². The van der Waals surface area contributed by atoms with E-state index in [4.69, 9.17) is 29.1 Å². The normalized spacial score (nSPS) is 5.33. The molecule has 0 aliphatic rings. The van der Waals surface area contributed by atoms with Gasteiger partial charge in [-0.25, -0.2) is 0 Å². The molecule has 0 amide bonds. The van der Waals surface area contributed by atoms with E-state index in [-0.39, 0.29) is 48.9 Å². The summed E-state index contributed by atoms with van der Waals surface area (Å²) < 4.78 is 8.74. The average Bonchev–Trinajstić information content (AvgIpc) is 1.25. The Kier molecular flexibility index (Phi) is 20.3. The summed E-state index contributed by atoms with van der Waals surface area (Å²) >= 11 is 0. The van der Waals surface area contributed by atoms with Crippen molar-refractivity contribution in [3.63, 3.8) is 0 Å². The minimum atomic E-state index is -3.13. The van der Waals surface area contributed by atoms with Crippen molar-refractivity contribution >= 4 is 64.2 Å². The molecule has 0 rings (SSSR count). The molecule has 0 heterocycles. The third-order valence-electron chi connectivity index (χ3n) is 0. The molecular weight excluding hydrogens is 273 g/mol. The maximum Gasteiger partial charge on any atom is 2.00 e. The van der Waals surface area contributed by atoms with Gasteiger partial charge in [-0.1, -0.05) is 0 Å². The summed E-state index contributed by atoms with van der Waals surface area (Å²) in [5.74, 6) is 0. The van der Waals surface area contributed by atoms with E-state index in [1.165, 1.54) is 0 Å². The van der Waals surface area contributed by atoms with Gasteiger partial charge in [0, 0.05) is 0 Å². The monoisotopic (exact) mass is 276 g/mol. The van der Waals surface area contributed by atoms with Crippen molar-refractivity contribution in [1.29, 1.82) is 0 Å². The molecule has 8 heteroatoms. The van der Waals surface area contributed by atoms with Gasteiger partial charge in [-0.05, 0) is 6.16 Å². The summed E-state index contributed by atoms with van der Waals surface area (Å²) in [4.78, 5) is 22.6. The van der Waals surface area contributed by atoms with Crippen LogP contribution in [0.3, 0.4) is 0 Å². The summed E-state index contributed by atoms with van der Waals surface area (Å²) in [5.41, 5.74) is 0. The zero-order chi connectivity index (χ0) is 7.15. The van der Waals surface area contributed by atoms with Crippen molar-refractivity contribution in [2.45, 2.75) is 0 Å². The van der Waals surface area contributed by atoms with Crippen LogP contribution in [0.1, 0.15) is 0 Å². The molecule has 0 radical (unpaired) electrons. The van der Waals surface area contributed by atoms with Crippen molar-refractivity contribution in [3.8, 4) is 0 Å². The third kappa shape index (κ3) is 1680. The molecular formula is CH2BaO6Si. The predicted octanol–water partition coefficient (Wildman–Crippen LogP) is -4.44. The summed E-state index contributed by atoms with van der Waals surface area (Å²) in [5, 5.41) is 16.7. The van der Waals surface area contributed by atoms with Crippen molar-refractivity contribution < 1.29 is 29.1 Å².